The van der Waals surface area contributed by atoms with Crippen molar-refractivity contribution in [3.63, 3.8) is 0 Å². The number of carbonyl (C=O) groups excluding carboxylic acids is 1. The van der Waals surface area contributed by atoms with Crippen LogP contribution in [0.1, 0.15) is 32.3 Å². The van der Waals surface area contributed by atoms with E-state index >= 15 is 0 Å². The van der Waals surface area contributed by atoms with Crippen molar-refractivity contribution in [2.75, 3.05) is 25.0 Å². The zero-order chi connectivity index (χ0) is 29.3. The summed E-state index contributed by atoms with van der Waals surface area (Å²) in [5.74, 6) is -1.04. The van der Waals surface area contributed by atoms with Crippen molar-refractivity contribution in [3.8, 4) is 16.9 Å². The Hall–Kier alpha value is -3.92. The van der Waals surface area contributed by atoms with Crippen LogP contribution in [0.25, 0.3) is 11.1 Å². The topological polar surface area (TPSA) is 86.5 Å². The Morgan fingerprint density at radius 3 is 2.71 bits per heavy atom. The molecule has 0 unspecified atom stereocenters. The monoisotopic (exact) mass is 582 g/mol. The van der Waals surface area contributed by atoms with Crippen molar-refractivity contribution in [2.45, 2.75) is 51.4 Å². The first-order chi connectivity index (χ1) is 19.7. The molecule has 0 aliphatic carbocycles. The van der Waals surface area contributed by atoms with E-state index < -0.39 is 11.6 Å². The largest absolute Gasteiger partial charge is 0.489 e. The number of halogens is 3. The highest BCUT2D eigenvalue weighted by Crippen LogP contribution is 2.47. The molecule has 0 bridgehead atoms. The SMILES string of the molecule is C=CC(=O)N1C[C@H](C)N(C(=N)c2cc(Cl)c(-c3ccc(F)cc3F)c3c2N[C@H](CCCn2ccnc2)CO3)C[C@H]1C. The Morgan fingerprint density at radius 2 is 2.00 bits per heavy atom. The van der Waals surface area contributed by atoms with E-state index in [0.717, 1.165) is 25.5 Å². The molecule has 41 heavy (non-hydrogen) atoms. The summed E-state index contributed by atoms with van der Waals surface area (Å²) < 4.78 is 37.0. The minimum atomic E-state index is -0.756. The van der Waals surface area contributed by atoms with Crippen LogP contribution in [-0.2, 0) is 11.3 Å². The highest BCUT2D eigenvalue weighted by Gasteiger charge is 2.36. The second kappa shape index (κ2) is 11.9. The number of rotatable bonds is 7. The van der Waals surface area contributed by atoms with Gasteiger partial charge in [-0.25, -0.2) is 13.8 Å². The first-order valence-electron chi connectivity index (χ1n) is 13.6. The quantitative estimate of drug-likeness (QED) is 0.216. The van der Waals surface area contributed by atoms with Crippen LogP contribution in [0.4, 0.5) is 14.5 Å². The molecule has 3 aromatic rings. The van der Waals surface area contributed by atoms with Gasteiger partial charge in [-0.3, -0.25) is 10.2 Å². The van der Waals surface area contributed by atoms with E-state index in [2.05, 4.69) is 16.9 Å². The van der Waals surface area contributed by atoms with E-state index in [0.29, 0.717) is 42.3 Å². The molecule has 2 aliphatic heterocycles. The standard InChI is InChI=1S/C30H33ClF2N6O2/c1-4-26(40)38-14-19(3)39(15-18(38)2)30(34)23-13-24(31)27(22-8-7-20(32)12-25(22)33)29-28(23)36-21(16-41-29)6-5-10-37-11-9-35-17-37/h4,7-9,11-13,17-19,21,34,36H,1,5-6,10,14-16H2,2-3H3/t18-,19+,21-/m1/s1. The van der Waals surface area contributed by atoms with Gasteiger partial charge in [-0.15, -0.1) is 0 Å². The summed E-state index contributed by atoms with van der Waals surface area (Å²) >= 11 is 6.77. The third-order valence-corrected chi connectivity index (χ3v) is 8.02. The zero-order valence-electron chi connectivity index (χ0n) is 23.0. The van der Waals surface area contributed by atoms with Crippen LogP contribution < -0.4 is 10.1 Å². The number of piperazine rings is 1. The second-order valence-electron chi connectivity index (χ2n) is 10.6. The fourth-order valence-electron chi connectivity index (χ4n) is 5.59. The third-order valence-electron chi connectivity index (χ3n) is 7.73. The van der Waals surface area contributed by atoms with Crippen LogP contribution in [-0.4, -0.2) is 68.9 Å². The molecule has 3 atom stereocenters. The van der Waals surface area contributed by atoms with Crippen LogP contribution >= 0.6 is 11.6 Å². The number of anilines is 1. The minimum Gasteiger partial charge on any atom is -0.489 e. The summed E-state index contributed by atoms with van der Waals surface area (Å²) in [6.45, 7) is 9.49. The van der Waals surface area contributed by atoms with E-state index in [1.54, 1.807) is 23.5 Å². The van der Waals surface area contributed by atoms with E-state index in [1.165, 1.54) is 18.2 Å². The molecule has 1 amide bonds. The molecule has 2 aromatic carbocycles. The van der Waals surface area contributed by atoms with Crippen molar-refractivity contribution in [1.29, 1.82) is 5.41 Å². The summed E-state index contributed by atoms with van der Waals surface area (Å²) in [7, 11) is 0. The maximum Gasteiger partial charge on any atom is 0.246 e. The number of carbonyl (C=O) groups is 1. The predicted octanol–water partition coefficient (Wildman–Crippen LogP) is 5.57. The van der Waals surface area contributed by atoms with E-state index in [9.17, 15) is 19.0 Å². The summed E-state index contributed by atoms with van der Waals surface area (Å²) in [5.41, 5.74) is 1.48. The van der Waals surface area contributed by atoms with Gasteiger partial charge in [0, 0.05) is 66.9 Å². The molecule has 1 fully saturated rings. The number of imidazole rings is 1. The molecule has 1 saturated heterocycles. The van der Waals surface area contributed by atoms with E-state index in [-0.39, 0.29) is 40.5 Å². The Morgan fingerprint density at radius 1 is 1.24 bits per heavy atom. The third kappa shape index (κ3) is 5.79. The lowest BCUT2D eigenvalue weighted by molar-refractivity contribution is -0.130. The average molecular weight is 583 g/mol. The zero-order valence-corrected chi connectivity index (χ0v) is 23.8. The van der Waals surface area contributed by atoms with Crippen molar-refractivity contribution in [3.05, 3.63) is 77.9 Å². The highest BCUT2D eigenvalue weighted by molar-refractivity contribution is 6.34. The molecule has 0 saturated carbocycles. The fraction of sp³-hybridized carbons (Fsp3) is 0.367. The van der Waals surface area contributed by atoms with Crippen LogP contribution in [0.15, 0.2) is 55.6 Å². The number of aryl methyl sites for hydroxylation is 1. The van der Waals surface area contributed by atoms with Crippen LogP contribution in [0.5, 0.6) is 5.75 Å². The van der Waals surface area contributed by atoms with Crippen LogP contribution in [0.2, 0.25) is 5.02 Å². The molecule has 11 heteroatoms. The lowest BCUT2D eigenvalue weighted by Crippen LogP contribution is -2.59. The molecule has 216 valence electrons. The smallest absolute Gasteiger partial charge is 0.246 e. The van der Waals surface area contributed by atoms with Gasteiger partial charge in [-0.2, -0.15) is 0 Å². The lowest BCUT2D eigenvalue weighted by atomic mass is 9.96. The Kier molecular flexibility index (Phi) is 8.30. The van der Waals surface area contributed by atoms with Crippen molar-refractivity contribution in [2.24, 2.45) is 0 Å². The molecule has 5 rings (SSSR count). The molecular weight excluding hydrogens is 550 g/mol. The van der Waals surface area contributed by atoms with Gasteiger partial charge in [0.25, 0.3) is 0 Å². The number of nitrogens with one attached hydrogen (secondary N) is 2. The molecule has 0 spiro atoms. The first-order valence-corrected chi connectivity index (χ1v) is 14.0. The van der Waals surface area contributed by atoms with Crippen LogP contribution in [0.3, 0.4) is 0 Å². The Balaban J connectivity index is 1.49. The molecule has 8 nitrogen and oxygen atoms in total. The van der Waals surface area contributed by atoms with Gasteiger partial charge < -0.3 is 24.4 Å². The minimum absolute atomic E-state index is 0.0666. The normalized spacial score (nSPS) is 20.2. The average Bonchev–Trinajstić information content (AvgIpc) is 3.47. The molecule has 3 heterocycles. The number of hydrogen-bond acceptors (Lipinski definition) is 5. The molecule has 0 radical (unpaired) electrons. The maximum absolute atomic E-state index is 15.0. The maximum atomic E-state index is 15.0. The van der Waals surface area contributed by atoms with Gasteiger partial charge in [0.1, 0.15) is 24.1 Å². The first kappa shape index (κ1) is 28.6. The number of aromatic nitrogens is 2. The van der Waals surface area contributed by atoms with E-state index in [1.807, 2.05) is 29.5 Å². The number of hydrogen-bond donors (Lipinski definition) is 2. The van der Waals surface area contributed by atoms with Gasteiger partial charge in [-0.05, 0) is 51.0 Å². The summed E-state index contributed by atoms with van der Waals surface area (Å²) in [4.78, 5) is 20.1. The van der Waals surface area contributed by atoms with Crippen molar-refractivity contribution < 1.29 is 18.3 Å². The number of amides is 1. The Labute approximate surface area is 243 Å². The Bertz CT molecular complexity index is 1460. The highest BCUT2D eigenvalue weighted by atomic mass is 35.5. The lowest BCUT2D eigenvalue weighted by Gasteiger charge is -2.45. The van der Waals surface area contributed by atoms with E-state index in [4.69, 9.17) is 16.3 Å². The number of fused-ring (bicyclic) bond motifs is 1. The molecule has 1 aromatic heterocycles. The second-order valence-corrected chi connectivity index (χ2v) is 11.0. The summed E-state index contributed by atoms with van der Waals surface area (Å²) in [5, 5.41) is 13.0. The number of amidine groups is 1. The molecule has 2 N–H and O–H groups in total. The molecular formula is C30H33ClF2N6O2. The fourth-order valence-corrected chi connectivity index (χ4v) is 5.88. The number of ether oxygens (including phenoxy) is 1. The van der Waals surface area contributed by atoms with Gasteiger partial charge >= 0.3 is 0 Å². The van der Waals surface area contributed by atoms with Gasteiger partial charge in [-0.1, -0.05) is 18.2 Å². The number of nitrogens with zero attached hydrogens (tertiary/aromatic N) is 4. The van der Waals surface area contributed by atoms with Gasteiger partial charge in [0.05, 0.1) is 23.1 Å². The van der Waals surface area contributed by atoms with Gasteiger partial charge in [0.2, 0.25) is 5.91 Å². The number of benzene rings is 2. The predicted molar refractivity (Wildman–Crippen MR) is 156 cm³/mol. The summed E-state index contributed by atoms with van der Waals surface area (Å²) in [6, 6.07) is 4.62. The molecule has 2 aliphatic rings. The van der Waals surface area contributed by atoms with Crippen molar-refractivity contribution >= 4 is 29.0 Å². The van der Waals surface area contributed by atoms with Gasteiger partial charge in [0.15, 0.2) is 5.75 Å². The summed E-state index contributed by atoms with van der Waals surface area (Å²) in [6.07, 6.45) is 8.38. The van der Waals surface area contributed by atoms with Crippen LogP contribution in [0, 0.1) is 17.0 Å². The van der Waals surface area contributed by atoms with Crippen molar-refractivity contribution in [1.82, 2.24) is 19.4 Å².